The van der Waals surface area contributed by atoms with Gasteiger partial charge in [0.1, 0.15) is 5.82 Å². The zero-order valence-corrected chi connectivity index (χ0v) is 9.30. The molecule has 1 aromatic rings. The van der Waals surface area contributed by atoms with Crippen LogP contribution in [0.2, 0.25) is 0 Å². The molecule has 2 atom stereocenters. The van der Waals surface area contributed by atoms with Gasteiger partial charge in [-0.2, -0.15) is 0 Å². The SMILES string of the molecule is O=C(O)[C@@H]1CC[C@@H](C(=O)Nc2ccccn2)C1. The Hall–Kier alpha value is -1.91. The van der Waals surface area contributed by atoms with Gasteiger partial charge in [-0.05, 0) is 31.4 Å². The molecule has 5 heteroatoms. The first-order valence-corrected chi connectivity index (χ1v) is 5.61. The second-order valence-corrected chi connectivity index (χ2v) is 4.25. The van der Waals surface area contributed by atoms with Gasteiger partial charge in [0, 0.05) is 12.1 Å². The van der Waals surface area contributed by atoms with Gasteiger partial charge in [-0.3, -0.25) is 9.59 Å². The van der Waals surface area contributed by atoms with E-state index in [-0.39, 0.29) is 17.7 Å². The van der Waals surface area contributed by atoms with Gasteiger partial charge in [0.15, 0.2) is 0 Å². The van der Waals surface area contributed by atoms with Gasteiger partial charge >= 0.3 is 5.97 Å². The van der Waals surface area contributed by atoms with E-state index in [4.69, 9.17) is 5.11 Å². The number of rotatable bonds is 3. The molecule has 0 aliphatic heterocycles. The van der Waals surface area contributed by atoms with Crippen molar-refractivity contribution in [2.75, 3.05) is 5.32 Å². The second kappa shape index (κ2) is 4.95. The predicted octanol–water partition coefficient (Wildman–Crippen LogP) is 1.52. The fraction of sp³-hybridized carbons (Fsp3) is 0.417. The summed E-state index contributed by atoms with van der Waals surface area (Å²) in [6, 6.07) is 5.27. The van der Waals surface area contributed by atoms with Gasteiger partial charge < -0.3 is 10.4 Å². The highest BCUT2D eigenvalue weighted by molar-refractivity contribution is 5.92. The van der Waals surface area contributed by atoms with E-state index in [1.54, 1.807) is 24.4 Å². The van der Waals surface area contributed by atoms with E-state index in [1.165, 1.54) is 0 Å². The molecule has 1 heterocycles. The molecule has 1 fully saturated rings. The Morgan fingerprint density at radius 1 is 1.29 bits per heavy atom. The molecule has 1 aromatic heterocycles. The van der Waals surface area contributed by atoms with Crippen LogP contribution in [0.25, 0.3) is 0 Å². The smallest absolute Gasteiger partial charge is 0.306 e. The fourth-order valence-corrected chi connectivity index (χ4v) is 2.11. The third-order valence-electron chi connectivity index (χ3n) is 3.07. The maximum Gasteiger partial charge on any atom is 0.306 e. The zero-order valence-electron chi connectivity index (χ0n) is 9.30. The molecule has 0 saturated heterocycles. The van der Waals surface area contributed by atoms with Gasteiger partial charge in [0.2, 0.25) is 5.91 Å². The highest BCUT2D eigenvalue weighted by atomic mass is 16.4. The van der Waals surface area contributed by atoms with Crippen molar-refractivity contribution >= 4 is 17.7 Å². The Kier molecular flexibility index (Phi) is 3.37. The Morgan fingerprint density at radius 3 is 2.65 bits per heavy atom. The van der Waals surface area contributed by atoms with Gasteiger partial charge in [-0.25, -0.2) is 4.98 Å². The van der Waals surface area contributed by atoms with Crippen LogP contribution in [0.3, 0.4) is 0 Å². The minimum Gasteiger partial charge on any atom is -0.481 e. The van der Waals surface area contributed by atoms with Crippen molar-refractivity contribution in [1.82, 2.24) is 4.98 Å². The lowest BCUT2D eigenvalue weighted by atomic mass is 10.0. The summed E-state index contributed by atoms with van der Waals surface area (Å²) in [5.41, 5.74) is 0. The predicted molar refractivity (Wildman–Crippen MR) is 61.3 cm³/mol. The largest absolute Gasteiger partial charge is 0.481 e. The number of nitrogens with zero attached hydrogens (tertiary/aromatic N) is 1. The van der Waals surface area contributed by atoms with Crippen LogP contribution in [0.1, 0.15) is 19.3 Å². The summed E-state index contributed by atoms with van der Waals surface area (Å²) >= 11 is 0. The van der Waals surface area contributed by atoms with Crippen molar-refractivity contribution in [1.29, 1.82) is 0 Å². The van der Waals surface area contributed by atoms with Gasteiger partial charge in [0.25, 0.3) is 0 Å². The monoisotopic (exact) mass is 234 g/mol. The van der Waals surface area contributed by atoms with E-state index in [9.17, 15) is 9.59 Å². The summed E-state index contributed by atoms with van der Waals surface area (Å²) in [4.78, 5) is 26.6. The molecule has 17 heavy (non-hydrogen) atoms. The molecule has 5 nitrogen and oxygen atoms in total. The first-order valence-electron chi connectivity index (χ1n) is 5.61. The zero-order chi connectivity index (χ0) is 12.3. The van der Waals surface area contributed by atoms with E-state index in [1.807, 2.05) is 0 Å². The number of hydrogen-bond donors (Lipinski definition) is 2. The minimum atomic E-state index is -0.807. The van der Waals surface area contributed by atoms with Crippen molar-refractivity contribution in [2.24, 2.45) is 11.8 Å². The van der Waals surface area contributed by atoms with Crippen molar-refractivity contribution in [3.05, 3.63) is 24.4 Å². The van der Waals surface area contributed by atoms with Gasteiger partial charge in [-0.15, -0.1) is 0 Å². The lowest BCUT2D eigenvalue weighted by molar-refractivity contribution is -0.141. The Balaban J connectivity index is 1.92. The molecule has 2 rings (SSSR count). The van der Waals surface area contributed by atoms with Crippen LogP contribution in [-0.4, -0.2) is 22.0 Å². The average molecular weight is 234 g/mol. The van der Waals surface area contributed by atoms with Crippen molar-refractivity contribution in [3.8, 4) is 0 Å². The number of carbonyl (C=O) groups is 2. The second-order valence-electron chi connectivity index (χ2n) is 4.25. The minimum absolute atomic E-state index is 0.132. The van der Waals surface area contributed by atoms with E-state index in [2.05, 4.69) is 10.3 Å². The van der Waals surface area contributed by atoms with Gasteiger partial charge in [-0.1, -0.05) is 6.07 Å². The number of aromatic nitrogens is 1. The molecule has 0 radical (unpaired) electrons. The molecule has 0 aromatic carbocycles. The van der Waals surface area contributed by atoms with Crippen molar-refractivity contribution in [2.45, 2.75) is 19.3 Å². The molecular formula is C12H14N2O3. The standard InChI is InChI=1S/C12H14N2O3/c15-11(14-10-3-1-2-6-13-10)8-4-5-9(7-8)12(16)17/h1-3,6,8-9H,4-5,7H2,(H,16,17)(H,13,14,15)/t8-,9-/m1/s1. The lowest BCUT2D eigenvalue weighted by Gasteiger charge is -2.09. The van der Waals surface area contributed by atoms with Crippen LogP contribution in [0.5, 0.6) is 0 Å². The number of carbonyl (C=O) groups excluding carboxylic acids is 1. The summed E-state index contributed by atoms with van der Waals surface area (Å²) in [5.74, 6) is -1.02. The summed E-state index contributed by atoms with van der Waals surface area (Å²) in [7, 11) is 0. The molecule has 1 aliphatic carbocycles. The quantitative estimate of drug-likeness (QED) is 0.831. The number of hydrogen-bond acceptors (Lipinski definition) is 3. The van der Waals surface area contributed by atoms with Crippen LogP contribution in [0, 0.1) is 11.8 Å². The number of anilines is 1. The summed E-state index contributed by atoms with van der Waals surface area (Å²) in [6.07, 6.45) is 3.24. The van der Waals surface area contributed by atoms with Crippen molar-refractivity contribution in [3.63, 3.8) is 0 Å². The van der Waals surface area contributed by atoms with E-state index in [0.717, 1.165) is 0 Å². The molecule has 1 aliphatic rings. The number of carboxylic acids is 1. The highest BCUT2D eigenvalue weighted by Crippen LogP contribution is 2.31. The highest BCUT2D eigenvalue weighted by Gasteiger charge is 2.33. The maximum atomic E-state index is 11.8. The molecule has 1 saturated carbocycles. The normalized spacial score (nSPS) is 23.3. The molecule has 0 unspecified atom stereocenters. The summed E-state index contributed by atoms with van der Waals surface area (Å²) in [6.45, 7) is 0. The van der Waals surface area contributed by atoms with Crippen LogP contribution in [-0.2, 0) is 9.59 Å². The van der Waals surface area contributed by atoms with E-state index in [0.29, 0.717) is 25.1 Å². The number of carboxylic acid groups (broad SMARTS) is 1. The topological polar surface area (TPSA) is 79.3 Å². The Labute approximate surface area is 98.9 Å². The van der Waals surface area contributed by atoms with Gasteiger partial charge in [0.05, 0.1) is 5.92 Å². The molecular weight excluding hydrogens is 220 g/mol. The molecule has 2 N–H and O–H groups in total. The maximum absolute atomic E-state index is 11.8. The molecule has 0 bridgehead atoms. The van der Waals surface area contributed by atoms with Crippen molar-refractivity contribution < 1.29 is 14.7 Å². The van der Waals surface area contributed by atoms with Crippen LogP contribution >= 0.6 is 0 Å². The molecule has 90 valence electrons. The van der Waals surface area contributed by atoms with Crippen LogP contribution < -0.4 is 5.32 Å². The number of amides is 1. The summed E-state index contributed by atoms with van der Waals surface area (Å²) < 4.78 is 0. The Morgan fingerprint density at radius 2 is 2.06 bits per heavy atom. The van der Waals surface area contributed by atoms with E-state index >= 15 is 0 Å². The average Bonchev–Trinajstić information content (AvgIpc) is 2.79. The molecule has 0 spiro atoms. The number of pyridine rings is 1. The third kappa shape index (κ3) is 2.81. The van der Waals surface area contributed by atoms with Crippen LogP contribution in [0.4, 0.5) is 5.82 Å². The Bertz CT molecular complexity index is 419. The van der Waals surface area contributed by atoms with E-state index < -0.39 is 5.97 Å². The lowest BCUT2D eigenvalue weighted by Crippen LogP contribution is -2.22. The fourth-order valence-electron chi connectivity index (χ4n) is 2.11. The van der Waals surface area contributed by atoms with Crippen LogP contribution in [0.15, 0.2) is 24.4 Å². The number of aliphatic carboxylic acids is 1. The third-order valence-corrected chi connectivity index (χ3v) is 3.07. The molecule has 1 amide bonds. The number of nitrogens with one attached hydrogen (secondary N) is 1. The summed E-state index contributed by atoms with van der Waals surface area (Å²) in [5, 5.41) is 11.6. The first-order chi connectivity index (χ1) is 8.16. The first kappa shape index (κ1) is 11.6.